The highest BCUT2D eigenvalue weighted by Gasteiger charge is 2.03. The fourth-order valence-corrected chi connectivity index (χ4v) is 1.61. The molecule has 2 aromatic rings. The summed E-state index contributed by atoms with van der Waals surface area (Å²) in [6, 6.07) is 11.2. The van der Waals surface area contributed by atoms with Crippen LogP contribution < -0.4 is 10.1 Å². The van der Waals surface area contributed by atoms with Crippen molar-refractivity contribution in [3.63, 3.8) is 0 Å². The summed E-state index contributed by atoms with van der Waals surface area (Å²) in [5, 5.41) is 2.73. The fourth-order valence-electron chi connectivity index (χ4n) is 1.61. The molecule has 0 aliphatic carbocycles. The van der Waals surface area contributed by atoms with Crippen LogP contribution in [-0.4, -0.2) is 24.0 Å². The Kier molecular flexibility index (Phi) is 5.06. The Morgan fingerprint density at radius 2 is 2.00 bits per heavy atom. The van der Waals surface area contributed by atoms with Gasteiger partial charge >= 0.3 is 0 Å². The molecule has 0 bridgehead atoms. The van der Waals surface area contributed by atoms with Gasteiger partial charge in [0.15, 0.2) is 6.61 Å². The molecule has 1 N–H and O–H groups in total. The van der Waals surface area contributed by atoms with Gasteiger partial charge < -0.3 is 10.1 Å². The van der Waals surface area contributed by atoms with Crippen LogP contribution in [0, 0.1) is 5.82 Å². The Hall–Kier alpha value is -2.43. The smallest absolute Gasteiger partial charge is 0.257 e. The number of nitrogens with one attached hydrogen (secondary N) is 1. The summed E-state index contributed by atoms with van der Waals surface area (Å²) in [7, 11) is 0. The minimum atomic E-state index is -0.336. The molecule has 0 spiro atoms. The van der Waals surface area contributed by atoms with Crippen molar-refractivity contribution >= 4 is 5.91 Å². The second kappa shape index (κ2) is 7.23. The maximum Gasteiger partial charge on any atom is 0.257 e. The molecule has 104 valence electrons. The molecular weight excluding hydrogens is 259 g/mol. The summed E-state index contributed by atoms with van der Waals surface area (Å²) in [6.45, 7) is 0.413. The standard InChI is InChI=1S/C15H15FN2O2/c16-12-4-6-14(7-5-12)20-11-15(19)18-10-8-13-3-1-2-9-17-13/h1-7,9H,8,10-11H2,(H,18,19). The van der Waals surface area contributed by atoms with Crippen molar-refractivity contribution in [2.75, 3.05) is 13.2 Å². The predicted molar refractivity (Wildman–Crippen MR) is 72.8 cm³/mol. The lowest BCUT2D eigenvalue weighted by Crippen LogP contribution is -2.30. The highest BCUT2D eigenvalue weighted by Crippen LogP contribution is 2.10. The number of carbonyl (C=O) groups excluding carboxylic acids is 1. The zero-order valence-electron chi connectivity index (χ0n) is 10.9. The number of benzene rings is 1. The first-order valence-electron chi connectivity index (χ1n) is 6.29. The molecule has 0 unspecified atom stereocenters. The third kappa shape index (κ3) is 4.68. The number of ether oxygens (including phenoxy) is 1. The van der Waals surface area contributed by atoms with E-state index in [4.69, 9.17) is 4.74 Å². The van der Waals surface area contributed by atoms with Crippen molar-refractivity contribution in [2.45, 2.75) is 6.42 Å². The molecule has 1 heterocycles. The third-order valence-corrected chi connectivity index (χ3v) is 2.61. The van der Waals surface area contributed by atoms with E-state index in [1.54, 1.807) is 6.20 Å². The van der Waals surface area contributed by atoms with Gasteiger partial charge in [-0.2, -0.15) is 0 Å². The van der Waals surface area contributed by atoms with Crippen LogP contribution in [0.5, 0.6) is 5.75 Å². The van der Waals surface area contributed by atoms with Crippen molar-refractivity contribution in [2.24, 2.45) is 0 Å². The zero-order valence-corrected chi connectivity index (χ0v) is 10.9. The number of nitrogens with zero attached hydrogens (tertiary/aromatic N) is 1. The average Bonchev–Trinajstić information content (AvgIpc) is 2.48. The van der Waals surface area contributed by atoms with Crippen LogP contribution in [0.1, 0.15) is 5.69 Å². The number of carbonyl (C=O) groups is 1. The second-order valence-corrected chi connectivity index (χ2v) is 4.16. The summed E-state index contributed by atoms with van der Waals surface area (Å²) in [5.41, 5.74) is 0.923. The summed E-state index contributed by atoms with van der Waals surface area (Å²) >= 11 is 0. The molecule has 2 rings (SSSR count). The van der Waals surface area contributed by atoms with Gasteiger partial charge in [-0.1, -0.05) is 6.07 Å². The molecule has 1 aromatic carbocycles. The molecule has 20 heavy (non-hydrogen) atoms. The highest BCUT2D eigenvalue weighted by molar-refractivity contribution is 5.77. The van der Waals surface area contributed by atoms with E-state index in [0.717, 1.165) is 5.69 Å². The monoisotopic (exact) mass is 274 g/mol. The average molecular weight is 274 g/mol. The number of aromatic nitrogens is 1. The van der Waals surface area contributed by atoms with E-state index in [-0.39, 0.29) is 18.3 Å². The summed E-state index contributed by atoms with van der Waals surface area (Å²) < 4.78 is 17.9. The number of hydrogen-bond acceptors (Lipinski definition) is 3. The Bertz CT molecular complexity index is 544. The lowest BCUT2D eigenvalue weighted by Gasteiger charge is -2.07. The van der Waals surface area contributed by atoms with Crippen LogP contribution in [0.15, 0.2) is 48.7 Å². The van der Waals surface area contributed by atoms with Crippen molar-refractivity contribution in [3.05, 3.63) is 60.2 Å². The van der Waals surface area contributed by atoms with E-state index in [0.29, 0.717) is 18.7 Å². The van der Waals surface area contributed by atoms with Crippen molar-refractivity contribution in [1.82, 2.24) is 10.3 Å². The van der Waals surface area contributed by atoms with Crippen LogP contribution in [0.3, 0.4) is 0 Å². The number of rotatable bonds is 6. The van der Waals surface area contributed by atoms with Crippen LogP contribution >= 0.6 is 0 Å². The van der Waals surface area contributed by atoms with E-state index < -0.39 is 0 Å². The van der Waals surface area contributed by atoms with Crippen molar-refractivity contribution in [1.29, 1.82) is 0 Å². The molecule has 1 aromatic heterocycles. The van der Waals surface area contributed by atoms with Crippen LogP contribution in [0.2, 0.25) is 0 Å². The minimum absolute atomic E-state index is 0.0894. The summed E-state index contributed by atoms with van der Waals surface area (Å²) in [6.07, 6.45) is 2.39. The van der Waals surface area contributed by atoms with Gasteiger partial charge in [0.1, 0.15) is 11.6 Å². The molecule has 5 heteroatoms. The third-order valence-electron chi connectivity index (χ3n) is 2.61. The first kappa shape index (κ1) is 14.0. The summed E-state index contributed by atoms with van der Waals surface area (Å²) in [5.74, 6) is -0.0892. The molecule has 1 amide bonds. The van der Waals surface area contributed by atoms with Gasteiger partial charge in [0.2, 0.25) is 0 Å². The largest absolute Gasteiger partial charge is 0.484 e. The molecule has 0 aliphatic rings. The zero-order chi connectivity index (χ0) is 14.2. The van der Waals surface area contributed by atoms with Gasteiger partial charge in [-0.15, -0.1) is 0 Å². The lowest BCUT2D eigenvalue weighted by atomic mass is 10.3. The Balaban J connectivity index is 1.67. The van der Waals surface area contributed by atoms with E-state index >= 15 is 0 Å². The quantitative estimate of drug-likeness (QED) is 0.876. The first-order valence-corrected chi connectivity index (χ1v) is 6.29. The fraction of sp³-hybridized carbons (Fsp3) is 0.200. The second-order valence-electron chi connectivity index (χ2n) is 4.16. The Labute approximate surface area is 116 Å². The van der Waals surface area contributed by atoms with E-state index in [9.17, 15) is 9.18 Å². The van der Waals surface area contributed by atoms with Crippen molar-refractivity contribution < 1.29 is 13.9 Å². The molecular formula is C15H15FN2O2. The molecule has 0 aliphatic heterocycles. The molecule has 4 nitrogen and oxygen atoms in total. The molecule has 0 radical (unpaired) electrons. The van der Waals surface area contributed by atoms with Crippen LogP contribution in [0.25, 0.3) is 0 Å². The van der Waals surface area contributed by atoms with E-state index in [1.165, 1.54) is 24.3 Å². The number of pyridine rings is 1. The number of hydrogen-bond donors (Lipinski definition) is 1. The predicted octanol–water partition coefficient (Wildman–Crippen LogP) is 1.96. The molecule has 0 saturated heterocycles. The van der Waals surface area contributed by atoms with Gasteiger partial charge in [-0.3, -0.25) is 9.78 Å². The van der Waals surface area contributed by atoms with Crippen LogP contribution in [0.4, 0.5) is 4.39 Å². The number of amides is 1. The van der Waals surface area contributed by atoms with Crippen LogP contribution in [-0.2, 0) is 11.2 Å². The lowest BCUT2D eigenvalue weighted by molar-refractivity contribution is -0.123. The normalized spacial score (nSPS) is 10.1. The van der Waals surface area contributed by atoms with E-state index in [1.807, 2.05) is 18.2 Å². The molecule has 0 atom stereocenters. The van der Waals surface area contributed by atoms with Gasteiger partial charge in [-0.05, 0) is 36.4 Å². The van der Waals surface area contributed by atoms with Gasteiger partial charge in [0.05, 0.1) is 0 Å². The minimum Gasteiger partial charge on any atom is -0.484 e. The Morgan fingerprint density at radius 3 is 2.70 bits per heavy atom. The van der Waals surface area contributed by atoms with E-state index in [2.05, 4.69) is 10.3 Å². The van der Waals surface area contributed by atoms with Crippen molar-refractivity contribution in [3.8, 4) is 5.75 Å². The van der Waals surface area contributed by atoms with Gasteiger partial charge in [0, 0.05) is 24.9 Å². The maximum atomic E-state index is 12.7. The Morgan fingerprint density at radius 1 is 1.20 bits per heavy atom. The SMILES string of the molecule is O=C(COc1ccc(F)cc1)NCCc1ccccn1. The number of halogens is 1. The maximum absolute atomic E-state index is 12.7. The topological polar surface area (TPSA) is 51.2 Å². The summed E-state index contributed by atoms with van der Waals surface area (Å²) in [4.78, 5) is 15.7. The molecule has 0 saturated carbocycles. The molecule has 0 fully saturated rings. The first-order chi connectivity index (χ1) is 9.74. The highest BCUT2D eigenvalue weighted by atomic mass is 19.1. The van der Waals surface area contributed by atoms with Gasteiger partial charge in [-0.25, -0.2) is 4.39 Å². The van der Waals surface area contributed by atoms with Gasteiger partial charge in [0.25, 0.3) is 5.91 Å².